The number of likely N-dealkylation sites (N-methyl/N-ethyl adjacent to an activating group) is 1. The van der Waals surface area contributed by atoms with Gasteiger partial charge in [-0.05, 0) is 49.1 Å². The van der Waals surface area contributed by atoms with Crippen LogP contribution < -0.4 is 15.4 Å². The minimum atomic E-state index is 0.142. The van der Waals surface area contributed by atoms with Gasteiger partial charge in [-0.1, -0.05) is 49.7 Å². The fourth-order valence-corrected chi connectivity index (χ4v) is 3.37. The van der Waals surface area contributed by atoms with E-state index in [1.807, 2.05) is 42.5 Å². The van der Waals surface area contributed by atoms with E-state index in [0.29, 0.717) is 11.7 Å². The molecule has 0 aliphatic carbocycles. The smallest absolute Gasteiger partial charge is 0.170 e. The van der Waals surface area contributed by atoms with E-state index in [1.165, 1.54) is 0 Å². The van der Waals surface area contributed by atoms with Crippen LogP contribution >= 0.6 is 23.8 Å². The minimum absolute atomic E-state index is 0.142. The van der Waals surface area contributed by atoms with Crippen LogP contribution in [-0.4, -0.2) is 36.8 Å². The highest BCUT2D eigenvalue weighted by Crippen LogP contribution is 2.27. The molecule has 0 aromatic heterocycles. The standard InChI is InChI=1S/C20H26ClN3OS/c1-4-24(5-2)19(17-11-6-7-12-18(17)21)14-22-20(26)23-15-9-8-10-16(13-15)25-3/h6-13,19H,4-5,14H2,1-3H3,(H2,22,23,26)/t19-/m0/s1. The Labute approximate surface area is 166 Å². The molecule has 4 nitrogen and oxygen atoms in total. The molecule has 0 radical (unpaired) electrons. The highest BCUT2D eigenvalue weighted by atomic mass is 35.5. The molecule has 26 heavy (non-hydrogen) atoms. The monoisotopic (exact) mass is 391 g/mol. The van der Waals surface area contributed by atoms with E-state index >= 15 is 0 Å². The van der Waals surface area contributed by atoms with Crippen LogP contribution in [0.1, 0.15) is 25.5 Å². The summed E-state index contributed by atoms with van der Waals surface area (Å²) in [6.45, 7) is 6.84. The first-order valence-electron chi connectivity index (χ1n) is 8.76. The molecule has 0 fully saturated rings. The lowest BCUT2D eigenvalue weighted by molar-refractivity contribution is 0.219. The predicted octanol–water partition coefficient (Wildman–Crippen LogP) is 4.72. The number of nitrogens with zero attached hydrogens (tertiary/aromatic N) is 1. The first kappa shape index (κ1) is 20.5. The average Bonchev–Trinajstić information content (AvgIpc) is 2.66. The van der Waals surface area contributed by atoms with Crippen LogP contribution in [0.5, 0.6) is 5.75 Å². The third-order valence-corrected chi connectivity index (χ3v) is 4.89. The van der Waals surface area contributed by atoms with Gasteiger partial charge >= 0.3 is 0 Å². The van der Waals surface area contributed by atoms with E-state index in [1.54, 1.807) is 7.11 Å². The molecule has 0 bridgehead atoms. The van der Waals surface area contributed by atoms with E-state index in [2.05, 4.69) is 35.4 Å². The zero-order valence-corrected chi connectivity index (χ0v) is 17.0. The van der Waals surface area contributed by atoms with Crippen molar-refractivity contribution in [3.63, 3.8) is 0 Å². The van der Waals surface area contributed by atoms with Gasteiger partial charge in [0.15, 0.2) is 5.11 Å². The van der Waals surface area contributed by atoms with Gasteiger partial charge in [-0.15, -0.1) is 0 Å². The van der Waals surface area contributed by atoms with E-state index < -0.39 is 0 Å². The van der Waals surface area contributed by atoms with Gasteiger partial charge in [0.25, 0.3) is 0 Å². The van der Waals surface area contributed by atoms with Crippen LogP contribution in [0.2, 0.25) is 5.02 Å². The SMILES string of the molecule is CCN(CC)[C@@H](CNC(=S)Nc1cccc(OC)c1)c1ccccc1Cl. The molecule has 2 aromatic rings. The van der Waals surface area contributed by atoms with Crippen LogP contribution in [0, 0.1) is 0 Å². The number of hydrogen-bond donors (Lipinski definition) is 2. The molecule has 6 heteroatoms. The summed E-state index contributed by atoms with van der Waals surface area (Å²) >= 11 is 11.9. The van der Waals surface area contributed by atoms with Gasteiger partial charge in [0.05, 0.1) is 13.2 Å². The highest BCUT2D eigenvalue weighted by molar-refractivity contribution is 7.80. The molecule has 0 aliphatic heterocycles. The van der Waals surface area contributed by atoms with Gasteiger partial charge < -0.3 is 15.4 Å². The zero-order valence-electron chi connectivity index (χ0n) is 15.5. The minimum Gasteiger partial charge on any atom is -0.497 e. The molecule has 2 N–H and O–H groups in total. The molecule has 0 spiro atoms. The van der Waals surface area contributed by atoms with Crippen molar-refractivity contribution in [1.82, 2.24) is 10.2 Å². The summed E-state index contributed by atoms with van der Waals surface area (Å²) in [5.41, 5.74) is 1.99. The van der Waals surface area contributed by atoms with Crippen molar-refractivity contribution >= 4 is 34.6 Å². The van der Waals surface area contributed by atoms with Crippen molar-refractivity contribution in [2.24, 2.45) is 0 Å². The summed E-state index contributed by atoms with van der Waals surface area (Å²) in [6.07, 6.45) is 0. The number of nitrogens with one attached hydrogen (secondary N) is 2. The molecule has 0 unspecified atom stereocenters. The number of hydrogen-bond acceptors (Lipinski definition) is 3. The number of ether oxygens (including phenoxy) is 1. The second kappa shape index (κ2) is 10.4. The summed E-state index contributed by atoms with van der Waals surface area (Å²) in [5.74, 6) is 0.787. The molecule has 0 saturated heterocycles. The van der Waals surface area contributed by atoms with Crippen LogP contribution in [0.15, 0.2) is 48.5 Å². The molecule has 0 aliphatic rings. The molecule has 2 rings (SSSR count). The molecule has 0 heterocycles. The fraction of sp³-hybridized carbons (Fsp3) is 0.350. The van der Waals surface area contributed by atoms with Crippen LogP contribution in [-0.2, 0) is 0 Å². The predicted molar refractivity (Wildman–Crippen MR) is 114 cm³/mol. The Morgan fingerprint density at radius 3 is 2.54 bits per heavy atom. The van der Waals surface area contributed by atoms with E-state index in [4.69, 9.17) is 28.6 Å². The summed E-state index contributed by atoms with van der Waals surface area (Å²) in [5, 5.41) is 7.87. The Bertz CT molecular complexity index is 722. The molecule has 1 atom stereocenters. The van der Waals surface area contributed by atoms with Gasteiger partial charge in [-0.25, -0.2) is 0 Å². The quantitative estimate of drug-likeness (QED) is 0.637. The lowest BCUT2D eigenvalue weighted by Crippen LogP contribution is -2.39. The molecule has 2 aromatic carbocycles. The Balaban J connectivity index is 2.06. The van der Waals surface area contributed by atoms with E-state index in [-0.39, 0.29) is 6.04 Å². The first-order valence-corrected chi connectivity index (χ1v) is 9.55. The summed E-state index contributed by atoms with van der Waals surface area (Å²) in [4.78, 5) is 2.36. The lowest BCUT2D eigenvalue weighted by atomic mass is 10.0. The Morgan fingerprint density at radius 1 is 1.15 bits per heavy atom. The zero-order chi connectivity index (χ0) is 18.9. The topological polar surface area (TPSA) is 36.5 Å². The number of benzene rings is 2. The number of rotatable bonds is 8. The average molecular weight is 392 g/mol. The molecule has 140 valence electrons. The van der Waals surface area contributed by atoms with Gasteiger partial charge in [0.1, 0.15) is 5.75 Å². The number of methoxy groups -OCH3 is 1. The number of halogens is 1. The van der Waals surface area contributed by atoms with Crippen LogP contribution in [0.25, 0.3) is 0 Å². The van der Waals surface area contributed by atoms with Gasteiger partial charge in [-0.2, -0.15) is 0 Å². The third-order valence-electron chi connectivity index (χ3n) is 4.30. The van der Waals surface area contributed by atoms with Crippen molar-refractivity contribution in [1.29, 1.82) is 0 Å². The van der Waals surface area contributed by atoms with Gasteiger partial charge in [0, 0.05) is 23.3 Å². The first-order chi connectivity index (χ1) is 12.6. The lowest BCUT2D eigenvalue weighted by Gasteiger charge is -2.31. The fourth-order valence-electron chi connectivity index (χ4n) is 2.91. The van der Waals surface area contributed by atoms with E-state index in [9.17, 15) is 0 Å². The Kier molecular flexibility index (Phi) is 8.16. The summed E-state index contributed by atoms with van der Waals surface area (Å²) < 4.78 is 5.24. The number of anilines is 1. The van der Waals surface area contributed by atoms with Gasteiger partial charge in [-0.3, -0.25) is 4.90 Å². The normalized spacial score (nSPS) is 11.9. The maximum absolute atomic E-state index is 6.44. The van der Waals surface area contributed by atoms with Crippen LogP contribution in [0.4, 0.5) is 5.69 Å². The molecular formula is C20H26ClN3OS. The Morgan fingerprint density at radius 2 is 1.88 bits per heavy atom. The van der Waals surface area contributed by atoms with Crippen molar-refractivity contribution in [2.75, 3.05) is 32.1 Å². The summed E-state index contributed by atoms with van der Waals surface area (Å²) in [7, 11) is 1.65. The second-order valence-electron chi connectivity index (χ2n) is 5.83. The number of thiocarbonyl (C=S) groups is 1. The summed E-state index contributed by atoms with van der Waals surface area (Å²) in [6, 6.07) is 15.8. The molecule has 0 amide bonds. The highest BCUT2D eigenvalue weighted by Gasteiger charge is 2.20. The maximum Gasteiger partial charge on any atom is 0.170 e. The maximum atomic E-state index is 6.44. The van der Waals surface area contributed by atoms with Gasteiger partial charge in [0.2, 0.25) is 0 Å². The molecule has 0 saturated carbocycles. The molecular weight excluding hydrogens is 366 g/mol. The Hall–Kier alpha value is -1.82. The van der Waals surface area contributed by atoms with Crippen molar-refractivity contribution in [3.05, 3.63) is 59.1 Å². The second-order valence-corrected chi connectivity index (χ2v) is 6.64. The third kappa shape index (κ3) is 5.59. The van der Waals surface area contributed by atoms with Crippen molar-refractivity contribution in [2.45, 2.75) is 19.9 Å². The van der Waals surface area contributed by atoms with Crippen molar-refractivity contribution < 1.29 is 4.74 Å². The van der Waals surface area contributed by atoms with Crippen LogP contribution in [0.3, 0.4) is 0 Å². The van der Waals surface area contributed by atoms with E-state index in [0.717, 1.165) is 35.1 Å². The largest absolute Gasteiger partial charge is 0.497 e. The van der Waals surface area contributed by atoms with Crippen molar-refractivity contribution in [3.8, 4) is 5.75 Å².